The van der Waals surface area contributed by atoms with Crippen LogP contribution in [0.3, 0.4) is 0 Å². The van der Waals surface area contributed by atoms with Gasteiger partial charge in [0.05, 0.1) is 0 Å². The molecule has 0 amide bonds. The number of hydrogen-bond donors (Lipinski definition) is 2. The van der Waals surface area contributed by atoms with Crippen molar-refractivity contribution in [3.8, 4) is 5.75 Å². The summed E-state index contributed by atoms with van der Waals surface area (Å²) in [5.41, 5.74) is 7.23. The predicted octanol–water partition coefficient (Wildman–Crippen LogP) is 4.82. The van der Waals surface area contributed by atoms with Gasteiger partial charge in [0.15, 0.2) is 11.4 Å². The van der Waals surface area contributed by atoms with Gasteiger partial charge in [-0.15, -0.1) is 0 Å². The monoisotopic (exact) mass is 465 g/mol. The summed E-state index contributed by atoms with van der Waals surface area (Å²) in [5, 5.41) is 20.0. The average Bonchev–Trinajstić information content (AvgIpc) is 2.73. The van der Waals surface area contributed by atoms with Gasteiger partial charge in [-0.05, 0) is 62.8 Å². The third kappa shape index (κ3) is 4.43. The van der Waals surface area contributed by atoms with Gasteiger partial charge in [-0.1, -0.05) is 6.92 Å². The van der Waals surface area contributed by atoms with E-state index in [1.54, 1.807) is 0 Å². The zero-order chi connectivity index (χ0) is 24.8. The van der Waals surface area contributed by atoms with E-state index in [2.05, 4.69) is 75.3 Å². The Morgan fingerprint density at radius 2 is 1.88 bits per heavy atom. The van der Waals surface area contributed by atoms with Crippen LogP contribution in [0.4, 0.5) is 5.69 Å². The summed E-state index contributed by atoms with van der Waals surface area (Å²) >= 11 is 0. The fraction of sp³-hybridized carbons (Fsp3) is 0.500. The van der Waals surface area contributed by atoms with Crippen LogP contribution in [0.2, 0.25) is 0 Å². The van der Waals surface area contributed by atoms with Crippen molar-refractivity contribution in [2.24, 2.45) is 0 Å². The molecule has 0 radical (unpaired) electrons. The number of pyridine rings is 1. The third-order valence-electron chi connectivity index (χ3n) is 7.34. The number of ether oxygens (including phenoxy) is 1. The largest absolute Gasteiger partial charge is 0.481 e. The van der Waals surface area contributed by atoms with Crippen molar-refractivity contribution in [2.75, 3.05) is 11.4 Å². The van der Waals surface area contributed by atoms with E-state index in [1.807, 2.05) is 6.07 Å². The molecule has 34 heavy (non-hydrogen) atoms. The van der Waals surface area contributed by atoms with Gasteiger partial charge in [0.1, 0.15) is 12.3 Å². The van der Waals surface area contributed by atoms with Crippen LogP contribution in [0.25, 0.3) is 11.6 Å². The minimum Gasteiger partial charge on any atom is -0.481 e. The van der Waals surface area contributed by atoms with Gasteiger partial charge in [0.2, 0.25) is 6.29 Å². The molecule has 0 saturated heterocycles. The summed E-state index contributed by atoms with van der Waals surface area (Å²) in [6, 6.07) is 8.43. The molecule has 2 aromatic rings. The molecule has 0 spiro atoms. The fourth-order valence-corrected chi connectivity index (χ4v) is 5.79. The Labute approximate surface area is 202 Å². The number of aliphatic hydroxyl groups excluding tert-OH is 1. The highest BCUT2D eigenvalue weighted by Crippen LogP contribution is 2.47. The van der Waals surface area contributed by atoms with Crippen molar-refractivity contribution in [1.82, 2.24) is 0 Å². The Bertz CT molecular complexity index is 1130. The normalized spacial score (nSPS) is 20.8. The van der Waals surface area contributed by atoms with Crippen LogP contribution < -0.4 is 14.2 Å². The van der Waals surface area contributed by atoms with E-state index in [1.165, 1.54) is 5.56 Å². The molecule has 2 N–H and O–H groups in total. The molecule has 6 nitrogen and oxygen atoms in total. The number of aromatic nitrogens is 1. The van der Waals surface area contributed by atoms with Gasteiger partial charge >= 0.3 is 5.97 Å². The van der Waals surface area contributed by atoms with Crippen LogP contribution in [0.15, 0.2) is 24.3 Å². The number of rotatable bonds is 6. The zero-order valence-corrected chi connectivity index (χ0v) is 21.2. The number of carboxylic acids is 1. The summed E-state index contributed by atoms with van der Waals surface area (Å²) < 4.78 is 8.30. The molecule has 0 fully saturated rings. The molecule has 6 heteroatoms. The van der Waals surface area contributed by atoms with Gasteiger partial charge in [-0.25, -0.2) is 4.57 Å². The topological polar surface area (TPSA) is 73.9 Å². The zero-order valence-electron chi connectivity index (χ0n) is 21.2. The van der Waals surface area contributed by atoms with E-state index in [9.17, 15) is 9.90 Å². The van der Waals surface area contributed by atoms with Crippen molar-refractivity contribution in [1.29, 1.82) is 0 Å². The van der Waals surface area contributed by atoms with E-state index < -0.39 is 12.3 Å². The second kappa shape index (κ2) is 9.06. The SMILES string of the molecule is CC[n+]1c(C)cc(C2=Cc3cc4c(cc3OC2O)N(CCCC(=O)O)C(C)(C)CC4C)cc1C. The molecule has 0 bridgehead atoms. The lowest BCUT2D eigenvalue weighted by Crippen LogP contribution is -2.49. The van der Waals surface area contributed by atoms with Crippen molar-refractivity contribution < 1.29 is 24.3 Å². The number of aliphatic hydroxyl groups is 1. The first kappa shape index (κ1) is 24.3. The Balaban J connectivity index is 1.75. The second-order valence-electron chi connectivity index (χ2n) is 10.4. The molecular weight excluding hydrogens is 428 g/mol. The molecule has 2 atom stereocenters. The Morgan fingerprint density at radius 1 is 1.21 bits per heavy atom. The summed E-state index contributed by atoms with van der Waals surface area (Å²) in [5.74, 6) is 0.254. The minimum absolute atomic E-state index is 0.0960. The van der Waals surface area contributed by atoms with Crippen LogP contribution in [0.1, 0.15) is 81.0 Å². The number of carboxylic acid groups (broad SMARTS) is 1. The maximum absolute atomic E-state index is 11.1. The van der Waals surface area contributed by atoms with Crippen LogP contribution in [-0.4, -0.2) is 34.6 Å². The smallest absolute Gasteiger partial charge is 0.303 e. The number of fused-ring (bicyclic) bond motifs is 2. The number of benzene rings is 1. The lowest BCUT2D eigenvalue weighted by molar-refractivity contribution is -0.705. The van der Waals surface area contributed by atoms with Crippen molar-refractivity contribution in [3.05, 3.63) is 52.3 Å². The first-order valence-electron chi connectivity index (χ1n) is 12.3. The first-order chi connectivity index (χ1) is 16.0. The van der Waals surface area contributed by atoms with Gasteiger partial charge in [0, 0.05) is 67.4 Å². The van der Waals surface area contributed by atoms with Crippen LogP contribution in [0, 0.1) is 13.8 Å². The van der Waals surface area contributed by atoms with Crippen molar-refractivity contribution in [2.45, 2.75) is 85.1 Å². The van der Waals surface area contributed by atoms with Crippen LogP contribution in [-0.2, 0) is 11.3 Å². The molecule has 4 rings (SSSR count). The highest BCUT2D eigenvalue weighted by Gasteiger charge is 2.37. The van der Waals surface area contributed by atoms with Crippen LogP contribution >= 0.6 is 0 Å². The van der Waals surface area contributed by atoms with Crippen LogP contribution in [0.5, 0.6) is 5.75 Å². The van der Waals surface area contributed by atoms with Gasteiger partial charge < -0.3 is 19.8 Å². The number of hydrogen-bond acceptors (Lipinski definition) is 4. The van der Waals surface area contributed by atoms with E-state index in [-0.39, 0.29) is 12.0 Å². The first-order valence-corrected chi connectivity index (χ1v) is 12.3. The number of carbonyl (C=O) groups is 1. The number of nitrogens with zero attached hydrogens (tertiary/aromatic N) is 2. The quantitative estimate of drug-likeness (QED) is 0.599. The van der Waals surface area contributed by atoms with E-state index in [4.69, 9.17) is 9.84 Å². The molecule has 3 heterocycles. The molecule has 0 aliphatic carbocycles. The minimum atomic E-state index is -1.05. The molecule has 182 valence electrons. The summed E-state index contributed by atoms with van der Waals surface area (Å²) in [4.78, 5) is 13.4. The number of anilines is 1. The Kier molecular flexibility index (Phi) is 6.47. The molecular formula is C28H37N2O4+. The van der Waals surface area contributed by atoms with Gasteiger partial charge in [0.25, 0.3) is 0 Å². The second-order valence-corrected chi connectivity index (χ2v) is 10.4. The summed E-state index contributed by atoms with van der Waals surface area (Å²) in [7, 11) is 0. The summed E-state index contributed by atoms with van der Waals surface area (Å²) in [6.45, 7) is 14.5. The van der Waals surface area contributed by atoms with E-state index >= 15 is 0 Å². The molecule has 0 saturated carbocycles. The molecule has 2 aliphatic rings. The highest BCUT2D eigenvalue weighted by atomic mass is 16.6. The van der Waals surface area contributed by atoms with Crippen molar-refractivity contribution in [3.63, 3.8) is 0 Å². The maximum Gasteiger partial charge on any atom is 0.303 e. The van der Waals surface area contributed by atoms with E-state index in [0.29, 0.717) is 24.6 Å². The fourth-order valence-electron chi connectivity index (χ4n) is 5.79. The molecule has 1 aromatic heterocycles. The highest BCUT2D eigenvalue weighted by molar-refractivity contribution is 5.88. The predicted molar refractivity (Wildman–Crippen MR) is 134 cm³/mol. The average molecular weight is 466 g/mol. The maximum atomic E-state index is 11.1. The molecule has 2 unspecified atom stereocenters. The lowest BCUT2D eigenvalue weighted by Gasteiger charge is -2.48. The third-order valence-corrected chi connectivity index (χ3v) is 7.34. The number of aryl methyl sites for hydroxylation is 2. The van der Waals surface area contributed by atoms with Crippen molar-refractivity contribution >= 4 is 23.3 Å². The Hall–Kier alpha value is -2.86. The van der Waals surface area contributed by atoms with Gasteiger partial charge in [-0.2, -0.15) is 0 Å². The molecule has 2 aliphatic heterocycles. The lowest BCUT2D eigenvalue weighted by atomic mass is 9.79. The van der Waals surface area contributed by atoms with Gasteiger partial charge in [-0.3, -0.25) is 4.79 Å². The molecule has 1 aromatic carbocycles. The standard InChI is InChI=1S/C28H36N2O4/c1-7-29-18(3)11-20(12-19(29)4)23-14-21-13-22-17(2)16-28(5,6)30(10-8-9-26(31)32)24(22)15-25(21)34-27(23)33/h11-15,17,27,33H,7-10,16H2,1-6H3/p+1. The summed E-state index contributed by atoms with van der Waals surface area (Å²) in [6.07, 6.45) is 2.73. The number of aliphatic carboxylic acids is 1. The Morgan fingerprint density at radius 3 is 2.50 bits per heavy atom. The van der Waals surface area contributed by atoms with E-state index in [0.717, 1.165) is 46.7 Å².